The smallest absolute Gasteiger partial charge is 0.416 e. The molecule has 1 fully saturated rings. The minimum atomic E-state index is -4.58. The number of piperidine rings is 1. The second-order valence-electron chi connectivity index (χ2n) is 6.68. The summed E-state index contributed by atoms with van der Waals surface area (Å²) in [5.74, 6) is -1.40. The van der Waals surface area contributed by atoms with Crippen LogP contribution in [0.1, 0.15) is 35.2 Å². The van der Waals surface area contributed by atoms with Crippen molar-refractivity contribution in [3.63, 3.8) is 0 Å². The quantitative estimate of drug-likeness (QED) is 0.775. The second-order valence-corrected chi connectivity index (χ2v) is 8.61. The Kier molecular flexibility index (Phi) is 5.85. The predicted molar refractivity (Wildman–Crippen MR) is 100 cm³/mol. The van der Waals surface area contributed by atoms with E-state index in [1.807, 2.05) is 0 Å². The Morgan fingerprint density at radius 1 is 1.03 bits per heavy atom. The van der Waals surface area contributed by atoms with Crippen molar-refractivity contribution in [2.24, 2.45) is 0 Å². The molecule has 0 saturated carbocycles. The molecule has 0 atom stereocenters. The number of rotatable bonds is 4. The molecule has 1 heterocycles. The monoisotopic (exact) mass is 428 g/mol. The van der Waals surface area contributed by atoms with Gasteiger partial charge in [-0.2, -0.15) is 17.5 Å². The van der Waals surface area contributed by atoms with Crippen LogP contribution in [0.3, 0.4) is 0 Å². The first-order chi connectivity index (χ1) is 13.6. The van der Waals surface area contributed by atoms with E-state index in [2.05, 4.69) is 5.32 Å². The number of hydrogen-bond donors (Lipinski definition) is 2. The highest BCUT2D eigenvalue weighted by Crippen LogP contribution is 2.31. The van der Waals surface area contributed by atoms with Gasteiger partial charge in [0.2, 0.25) is 10.0 Å². The van der Waals surface area contributed by atoms with Crippen LogP contribution in [-0.4, -0.2) is 36.8 Å². The van der Waals surface area contributed by atoms with E-state index >= 15 is 0 Å². The maximum atomic E-state index is 12.8. The second kappa shape index (κ2) is 8.03. The van der Waals surface area contributed by atoms with Gasteiger partial charge >= 0.3 is 6.18 Å². The minimum Gasteiger partial charge on any atom is -0.507 e. The molecule has 2 aromatic rings. The van der Waals surface area contributed by atoms with Crippen LogP contribution in [0.2, 0.25) is 0 Å². The highest BCUT2D eigenvalue weighted by atomic mass is 32.2. The third-order valence-corrected chi connectivity index (χ3v) is 6.51. The molecule has 0 unspecified atom stereocenters. The van der Waals surface area contributed by atoms with E-state index < -0.39 is 33.4 Å². The largest absolute Gasteiger partial charge is 0.507 e. The average molecular weight is 428 g/mol. The standard InChI is InChI=1S/C19H19F3N2O4S/c20-19(21,22)13-5-4-6-14(11-13)23-18(26)16-12-15(7-8-17(16)25)29(27,28)24-9-2-1-3-10-24/h4-8,11-12,25H,1-3,9-10H2,(H,23,26). The fraction of sp³-hybridized carbons (Fsp3) is 0.316. The summed E-state index contributed by atoms with van der Waals surface area (Å²) < 4.78 is 65.4. The molecule has 2 N–H and O–H groups in total. The Morgan fingerprint density at radius 3 is 2.38 bits per heavy atom. The summed E-state index contributed by atoms with van der Waals surface area (Å²) in [5.41, 5.74) is -1.42. The third-order valence-electron chi connectivity index (χ3n) is 4.61. The Hall–Kier alpha value is -2.59. The summed E-state index contributed by atoms with van der Waals surface area (Å²) in [5, 5.41) is 12.3. The fourth-order valence-corrected chi connectivity index (χ4v) is 4.63. The number of alkyl halides is 3. The Bertz CT molecular complexity index is 1020. The fourth-order valence-electron chi connectivity index (χ4n) is 3.08. The van der Waals surface area contributed by atoms with Crippen molar-refractivity contribution in [1.82, 2.24) is 4.31 Å². The van der Waals surface area contributed by atoms with Crippen LogP contribution in [0.15, 0.2) is 47.4 Å². The molecule has 0 radical (unpaired) electrons. The molecule has 29 heavy (non-hydrogen) atoms. The highest BCUT2D eigenvalue weighted by molar-refractivity contribution is 7.89. The van der Waals surface area contributed by atoms with Crippen LogP contribution >= 0.6 is 0 Å². The van der Waals surface area contributed by atoms with Crippen LogP contribution < -0.4 is 5.32 Å². The molecule has 1 amide bonds. The Labute approximate surface area is 166 Å². The summed E-state index contributed by atoms with van der Waals surface area (Å²) in [7, 11) is -3.84. The number of halogens is 3. The van der Waals surface area contributed by atoms with Gasteiger partial charge in [-0.15, -0.1) is 0 Å². The number of hydrogen-bond acceptors (Lipinski definition) is 4. The van der Waals surface area contributed by atoms with Gasteiger partial charge in [0.25, 0.3) is 5.91 Å². The number of aromatic hydroxyl groups is 1. The lowest BCUT2D eigenvalue weighted by Crippen LogP contribution is -2.35. The Balaban J connectivity index is 1.87. The number of amides is 1. The van der Waals surface area contributed by atoms with Crippen LogP contribution in [0.25, 0.3) is 0 Å². The van der Waals surface area contributed by atoms with Gasteiger partial charge in [0.05, 0.1) is 16.0 Å². The first-order valence-corrected chi connectivity index (χ1v) is 10.3. The molecule has 1 saturated heterocycles. The molecule has 2 aromatic carbocycles. The van der Waals surface area contributed by atoms with E-state index in [1.165, 1.54) is 16.4 Å². The van der Waals surface area contributed by atoms with Crippen molar-refractivity contribution >= 4 is 21.6 Å². The molecule has 6 nitrogen and oxygen atoms in total. The summed E-state index contributed by atoms with van der Waals surface area (Å²) >= 11 is 0. The maximum absolute atomic E-state index is 12.8. The number of phenolic OH excluding ortho intramolecular Hbond substituents is 1. The predicted octanol–water partition coefficient (Wildman–Crippen LogP) is 3.84. The molecule has 156 valence electrons. The van der Waals surface area contributed by atoms with Crippen LogP contribution in [0.5, 0.6) is 5.75 Å². The first-order valence-electron chi connectivity index (χ1n) is 8.91. The topological polar surface area (TPSA) is 86.7 Å². The molecule has 0 spiro atoms. The van der Waals surface area contributed by atoms with Crippen LogP contribution in [-0.2, 0) is 16.2 Å². The zero-order chi connectivity index (χ0) is 21.2. The van der Waals surface area contributed by atoms with Crippen molar-refractivity contribution in [3.05, 3.63) is 53.6 Å². The molecule has 0 bridgehead atoms. The lowest BCUT2D eigenvalue weighted by molar-refractivity contribution is -0.137. The molecular weight excluding hydrogens is 409 g/mol. The third kappa shape index (κ3) is 4.70. The van der Waals surface area contributed by atoms with E-state index in [0.717, 1.165) is 49.6 Å². The van der Waals surface area contributed by atoms with Gasteiger partial charge in [-0.05, 0) is 49.2 Å². The number of nitrogens with one attached hydrogen (secondary N) is 1. The number of anilines is 1. The van der Waals surface area contributed by atoms with E-state index in [0.29, 0.717) is 13.1 Å². The lowest BCUT2D eigenvalue weighted by atomic mass is 10.1. The SMILES string of the molecule is O=C(Nc1cccc(C(F)(F)F)c1)c1cc(S(=O)(=O)N2CCCCC2)ccc1O. The summed E-state index contributed by atoms with van der Waals surface area (Å²) in [6.07, 6.45) is -2.17. The van der Waals surface area contributed by atoms with Gasteiger partial charge < -0.3 is 10.4 Å². The van der Waals surface area contributed by atoms with E-state index in [-0.39, 0.29) is 16.1 Å². The zero-order valence-electron chi connectivity index (χ0n) is 15.2. The van der Waals surface area contributed by atoms with Gasteiger partial charge in [0.15, 0.2) is 0 Å². The number of sulfonamides is 1. The molecule has 0 aliphatic carbocycles. The number of carbonyl (C=O) groups is 1. The summed E-state index contributed by atoms with van der Waals surface area (Å²) in [4.78, 5) is 12.3. The normalized spacial score (nSPS) is 15.8. The molecular formula is C19H19F3N2O4S. The molecule has 3 rings (SSSR count). The van der Waals surface area contributed by atoms with Gasteiger partial charge in [0, 0.05) is 18.8 Å². The van der Waals surface area contributed by atoms with Gasteiger partial charge in [0.1, 0.15) is 5.75 Å². The number of nitrogens with zero attached hydrogens (tertiary/aromatic N) is 1. The van der Waals surface area contributed by atoms with Gasteiger partial charge in [-0.3, -0.25) is 4.79 Å². The van der Waals surface area contributed by atoms with Crippen LogP contribution in [0, 0.1) is 0 Å². The van der Waals surface area contributed by atoms with Crippen molar-refractivity contribution < 1.29 is 31.5 Å². The lowest BCUT2D eigenvalue weighted by Gasteiger charge is -2.26. The molecule has 1 aliphatic heterocycles. The number of phenols is 1. The van der Waals surface area contributed by atoms with Gasteiger partial charge in [-0.1, -0.05) is 12.5 Å². The Morgan fingerprint density at radius 2 is 1.72 bits per heavy atom. The van der Waals surface area contributed by atoms with Gasteiger partial charge in [-0.25, -0.2) is 8.42 Å². The average Bonchev–Trinajstić information content (AvgIpc) is 2.68. The zero-order valence-corrected chi connectivity index (χ0v) is 16.1. The summed E-state index contributed by atoms with van der Waals surface area (Å²) in [6, 6.07) is 7.32. The molecule has 10 heteroatoms. The first kappa shape index (κ1) is 21.1. The van der Waals surface area contributed by atoms with Crippen molar-refractivity contribution in [2.45, 2.75) is 30.3 Å². The van der Waals surface area contributed by atoms with Crippen molar-refractivity contribution in [2.75, 3.05) is 18.4 Å². The van der Waals surface area contributed by atoms with E-state index in [1.54, 1.807) is 0 Å². The highest BCUT2D eigenvalue weighted by Gasteiger charge is 2.31. The number of carbonyl (C=O) groups excluding carboxylic acids is 1. The molecule has 0 aromatic heterocycles. The van der Waals surface area contributed by atoms with E-state index in [4.69, 9.17) is 0 Å². The minimum absolute atomic E-state index is 0.131. The summed E-state index contributed by atoms with van der Waals surface area (Å²) in [6.45, 7) is 0.740. The van der Waals surface area contributed by atoms with Crippen LogP contribution in [0.4, 0.5) is 18.9 Å². The van der Waals surface area contributed by atoms with Crippen molar-refractivity contribution in [3.8, 4) is 5.75 Å². The van der Waals surface area contributed by atoms with Crippen molar-refractivity contribution in [1.29, 1.82) is 0 Å². The maximum Gasteiger partial charge on any atom is 0.416 e. The number of benzene rings is 2. The van der Waals surface area contributed by atoms with E-state index in [9.17, 15) is 31.5 Å². The molecule has 1 aliphatic rings.